The van der Waals surface area contributed by atoms with Crippen molar-refractivity contribution in [2.75, 3.05) is 18.5 Å². The van der Waals surface area contributed by atoms with Gasteiger partial charge in [-0.05, 0) is 43.2 Å². The van der Waals surface area contributed by atoms with Crippen molar-refractivity contribution in [1.82, 2.24) is 0 Å². The summed E-state index contributed by atoms with van der Waals surface area (Å²) in [5, 5.41) is 22.0. The number of anilines is 1. The topological polar surface area (TPSA) is 56.0 Å². The third kappa shape index (κ3) is 3.27. The van der Waals surface area contributed by atoms with Crippen molar-refractivity contribution >= 4 is 5.69 Å². The van der Waals surface area contributed by atoms with Crippen molar-refractivity contribution in [3.8, 4) is 6.07 Å². The van der Waals surface area contributed by atoms with Crippen LogP contribution in [0.1, 0.15) is 36.8 Å². The Labute approximate surface area is 115 Å². The molecule has 2 unspecified atom stereocenters. The maximum Gasteiger partial charge on any atom is 0.101 e. The molecule has 1 aliphatic carbocycles. The Hall–Kier alpha value is -1.53. The number of rotatable bonds is 4. The lowest BCUT2D eigenvalue weighted by Crippen LogP contribution is -2.29. The number of aryl methyl sites for hydroxylation is 1. The van der Waals surface area contributed by atoms with Gasteiger partial charge in [-0.15, -0.1) is 0 Å². The number of nitrogens with one attached hydrogen (secondary N) is 1. The largest absolute Gasteiger partial charge is 0.396 e. The molecule has 1 saturated carbocycles. The summed E-state index contributed by atoms with van der Waals surface area (Å²) in [5.41, 5.74) is 2.76. The lowest BCUT2D eigenvalue weighted by atomic mass is 9.79. The summed E-state index contributed by atoms with van der Waals surface area (Å²) in [6.45, 7) is 3.16. The van der Waals surface area contributed by atoms with Crippen molar-refractivity contribution in [2.45, 2.75) is 32.6 Å². The zero-order valence-corrected chi connectivity index (χ0v) is 11.5. The van der Waals surface area contributed by atoms with E-state index in [0.29, 0.717) is 17.4 Å². The molecule has 0 saturated heterocycles. The van der Waals surface area contributed by atoms with Crippen molar-refractivity contribution in [1.29, 1.82) is 5.26 Å². The highest BCUT2D eigenvalue weighted by atomic mass is 16.3. The fourth-order valence-corrected chi connectivity index (χ4v) is 3.02. The average Bonchev–Trinajstić information content (AvgIpc) is 2.46. The minimum atomic E-state index is 0.283. The average molecular weight is 258 g/mol. The third-order valence-electron chi connectivity index (χ3n) is 4.24. The highest BCUT2D eigenvalue weighted by Gasteiger charge is 2.24. The van der Waals surface area contributed by atoms with Crippen LogP contribution < -0.4 is 5.32 Å². The normalized spacial score (nSPS) is 22.8. The van der Waals surface area contributed by atoms with Crippen LogP contribution in [0.4, 0.5) is 5.69 Å². The van der Waals surface area contributed by atoms with E-state index in [2.05, 4.69) is 11.4 Å². The van der Waals surface area contributed by atoms with Gasteiger partial charge >= 0.3 is 0 Å². The van der Waals surface area contributed by atoms with E-state index in [0.717, 1.165) is 24.2 Å². The van der Waals surface area contributed by atoms with E-state index in [1.807, 2.05) is 25.1 Å². The number of nitrogens with zero attached hydrogens (tertiary/aromatic N) is 1. The highest BCUT2D eigenvalue weighted by molar-refractivity contribution is 5.62. The second-order valence-corrected chi connectivity index (χ2v) is 5.48. The van der Waals surface area contributed by atoms with Crippen molar-refractivity contribution in [3.05, 3.63) is 29.3 Å². The smallest absolute Gasteiger partial charge is 0.101 e. The standard InChI is InChI=1S/C16H22N2O/c1-12-5-4-8-13(9-17)16(12)18-10-14-6-2-3-7-15(14)11-19/h4-5,8,14-15,18-19H,2-3,6-7,10-11H2,1H3. The lowest BCUT2D eigenvalue weighted by Gasteiger charge is -2.30. The van der Waals surface area contributed by atoms with Crippen LogP contribution in [-0.4, -0.2) is 18.3 Å². The van der Waals surface area contributed by atoms with Crippen LogP contribution in [-0.2, 0) is 0 Å². The highest BCUT2D eigenvalue weighted by Crippen LogP contribution is 2.30. The van der Waals surface area contributed by atoms with E-state index in [4.69, 9.17) is 5.26 Å². The van der Waals surface area contributed by atoms with Crippen LogP contribution in [0, 0.1) is 30.1 Å². The van der Waals surface area contributed by atoms with Crippen molar-refractivity contribution in [2.24, 2.45) is 11.8 Å². The van der Waals surface area contributed by atoms with Gasteiger partial charge in [-0.3, -0.25) is 0 Å². The van der Waals surface area contributed by atoms with Gasteiger partial charge in [0.1, 0.15) is 6.07 Å². The van der Waals surface area contributed by atoms with Gasteiger partial charge in [0, 0.05) is 13.2 Å². The maximum atomic E-state index is 9.43. The predicted molar refractivity (Wildman–Crippen MR) is 76.9 cm³/mol. The van der Waals surface area contributed by atoms with Gasteiger partial charge in [0.2, 0.25) is 0 Å². The molecule has 2 N–H and O–H groups in total. The molecule has 1 aliphatic rings. The SMILES string of the molecule is Cc1cccc(C#N)c1NCC1CCCCC1CO. The molecule has 3 nitrogen and oxygen atoms in total. The molecule has 19 heavy (non-hydrogen) atoms. The number of para-hydroxylation sites is 1. The predicted octanol–water partition coefficient (Wildman–Crippen LogP) is 3.08. The minimum absolute atomic E-state index is 0.283. The molecule has 0 aliphatic heterocycles. The molecular formula is C16H22N2O. The maximum absolute atomic E-state index is 9.43. The molecule has 1 fully saturated rings. The lowest BCUT2D eigenvalue weighted by molar-refractivity contribution is 0.141. The molecular weight excluding hydrogens is 236 g/mol. The summed E-state index contributed by atoms with van der Waals surface area (Å²) in [6.07, 6.45) is 4.78. The zero-order valence-electron chi connectivity index (χ0n) is 11.5. The van der Waals surface area contributed by atoms with Crippen LogP contribution in [0.2, 0.25) is 0 Å². The van der Waals surface area contributed by atoms with Gasteiger partial charge in [0.25, 0.3) is 0 Å². The van der Waals surface area contributed by atoms with E-state index in [9.17, 15) is 5.11 Å². The fourth-order valence-electron chi connectivity index (χ4n) is 3.02. The zero-order chi connectivity index (χ0) is 13.7. The first kappa shape index (κ1) is 13.9. The summed E-state index contributed by atoms with van der Waals surface area (Å²) in [4.78, 5) is 0. The van der Waals surface area contributed by atoms with Gasteiger partial charge < -0.3 is 10.4 Å². The molecule has 0 amide bonds. The Balaban J connectivity index is 2.04. The quantitative estimate of drug-likeness (QED) is 0.872. The van der Waals surface area contributed by atoms with E-state index in [-0.39, 0.29) is 6.61 Å². The van der Waals surface area contributed by atoms with E-state index in [1.165, 1.54) is 19.3 Å². The molecule has 0 radical (unpaired) electrons. The summed E-state index contributed by atoms with van der Waals surface area (Å²) >= 11 is 0. The number of nitriles is 1. The van der Waals surface area contributed by atoms with Crippen LogP contribution in [0.15, 0.2) is 18.2 Å². The number of aliphatic hydroxyl groups is 1. The Morgan fingerprint density at radius 1 is 1.32 bits per heavy atom. The van der Waals surface area contributed by atoms with Crippen LogP contribution in [0.5, 0.6) is 0 Å². The van der Waals surface area contributed by atoms with Gasteiger partial charge in [-0.1, -0.05) is 25.0 Å². The molecule has 0 bridgehead atoms. The van der Waals surface area contributed by atoms with Gasteiger partial charge in [-0.2, -0.15) is 5.26 Å². The first-order valence-corrected chi connectivity index (χ1v) is 7.10. The van der Waals surface area contributed by atoms with Gasteiger partial charge in [0.15, 0.2) is 0 Å². The van der Waals surface area contributed by atoms with Crippen LogP contribution in [0.3, 0.4) is 0 Å². The van der Waals surface area contributed by atoms with Crippen LogP contribution >= 0.6 is 0 Å². The molecule has 1 aromatic carbocycles. The summed E-state index contributed by atoms with van der Waals surface area (Å²) < 4.78 is 0. The van der Waals surface area contributed by atoms with Gasteiger partial charge in [-0.25, -0.2) is 0 Å². The summed E-state index contributed by atoms with van der Waals surface area (Å²) in [5.74, 6) is 0.931. The van der Waals surface area contributed by atoms with E-state index < -0.39 is 0 Å². The summed E-state index contributed by atoms with van der Waals surface area (Å²) in [6, 6.07) is 8.02. The number of benzene rings is 1. The van der Waals surface area contributed by atoms with Crippen molar-refractivity contribution < 1.29 is 5.11 Å². The molecule has 0 spiro atoms. The Kier molecular flexibility index (Phi) is 4.81. The monoisotopic (exact) mass is 258 g/mol. The second-order valence-electron chi connectivity index (χ2n) is 5.48. The Bertz CT molecular complexity index is 464. The molecule has 0 aromatic heterocycles. The second kappa shape index (κ2) is 6.58. The Morgan fingerprint density at radius 2 is 2.05 bits per heavy atom. The number of hydrogen-bond acceptors (Lipinski definition) is 3. The van der Waals surface area contributed by atoms with E-state index >= 15 is 0 Å². The number of hydrogen-bond donors (Lipinski definition) is 2. The molecule has 0 heterocycles. The molecule has 2 rings (SSSR count). The summed E-state index contributed by atoms with van der Waals surface area (Å²) in [7, 11) is 0. The minimum Gasteiger partial charge on any atom is -0.396 e. The molecule has 2 atom stereocenters. The fraction of sp³-hybridized carbons (Fsp3) is 0.562. The number of aliphatic hydroxyl groups excluding tert-OH is 1. The first-order valence-electron chi connectivity index (χ1n) is 7.10. The molecule has 102 valence electrons. The van der Waals surface area contributed by atoms with Crippen LogP contribution in [0.25, 0.3) is 0 Å². The first-order chi connectivity index (χ1) is 9.26. The van der Waals surface area contributed by atoms with Gasteiger partial charge in [0.05, 0.1) is 11.3 Å². The molecule has 1 aromatic rings. The third-order valence-corrected chi connectivity index (χ3v) is 4.24. The van der Waals surface area contributed by atoms with E-state index in [1.54, 1.807) is 0 Å². The van der Waals surface area contributed by atoms with Crippen molar-refractivity contribution in [3.63, 3.8) is 0 Å². The Morgan fingerprint density at radius 3 is 2.74 bits per heavy atom. The molecule has 3 heteroatoms.